The first-order valence-electron chi connectivity index (χ1n) is 9.37. The van der Waals surface area contributed by atoms with Gasteiger partial charge >= 0.3 is 0 Å². The fourth-order valence-electron chi connectivity index (χ4n) is 3.27. The van der Waals surface area contributed by atoms with Crippen molar-refractivity contribution in [3.05, 3.63) is 49.9 Å². The van der Waals surface area contributed by atoms with Gasteiger partial charge in [-0.1, -0.05) is 11.6 Å². The van der Waals surface area contributed by atoms with Crippen molar-refractivity contribution in [2.24, 2.45) is 0 Å². The van der Waals surface area contributed by atoms with Crippen molar-refractivity contribution in [3.8, 4) is 5.75 Å². The quantitative estimate of drug-likeness (QED) is 0.438. The fraction of sp³-hybridized carbons (Fsp3) is 0.429. The van der Waals surface area contributed by atoms with E-state index in [0.29, 0.717) is 6.54 Å². The molecule has 0 aromatic heterocycles. The van der Waals surface area contributed by atoms with Gasteiger partial charge < -0.3 is 15.0 Å². The zero-order valence-corrected chi connectivity index (χ0v) is 19.6. The zero-order valence-electron chi connectivity index (χ0n) is 15.7. The number of piperidine rings is 1. The Kier molecular flexibility index (Phi) is 7.35. The van der Waals surface area contributed by atoms with Crippen molar-refractivity contribution in [1.82, 2.24) is 0 Å². The third-order valence-electron chi connectivity index (χ3n) is 4.55. The number of nitrogens with one attached hydrogen (secondary N) is 1. The molecule has 27 heavy (non-hydrogen) atoms. The van der Waals surface area contributed by atoms with Crippen LogP contribution in [-0.2, 0) is 6.54 Å². The Morgan fingerprint density at radius 3 is 2.33 bits per heavy atom. The van der Waals surface area contributed by atoms with Gasteiger partial charge in [0.2, 0.25) is 0 Å². The highest BCUT2D eigenvalue weighted by atomic mass is 79.9. The van der Waals surface area contributed by atoms with Crippen LogP contribution in [0.5, 0.6) is 5.75 Å². The monoisotopic (exact) mass is 514 g/mol. The highest BCUT2D eigenvalue weighted by Gasteiger charge is 2.14. The number of rotatable bonds is 6. The van der Waals surface area contributed by atoms with Gasteiger partial charge in [0.15, 0.2) is 0 Å². The maximum atomic E-state index is 6.55. The molecule has 0 aliphatic carbocycles. The number of anilines is 2. The van der Waals surface area contributed by atoms with Crippen LogP contribution in [0.4, 0.5) is 11.4 Å². The van der Waals surface area contributed by atoms with E-state index < -0.39 is 0 Å². The van der Waals surface area contributed by atoms with Gasteiger partial charge in [0.05, 0.1) is 25.8 Å². The van der Waals surface area contributed by atoms with E-state index >= 15 is 0 Å². The standard InChI is InChI=1S/C21H25Br2ClN2O/c1-14(2)27-21-17(22)10-15(11-18(21)23)13-25-16-6-7-20(19(24)12-16)26-8-4-3-5-9-26/h6-7,10-12,14,25H,3-5,8-9,13H2,1-2H3. The van der Waals surface area contributed by atoms with E-state index in [1.54, 1.807) is 0 Å². The molecule has 0 radical (unpaired) electrons. The van der Waals surface area contributed by atoms with Crippen molar-refractivity contribution in [2.75, 3.05) is 23.3 Å². The summed E-state index contributed by atoms with van der Waals surface area (Å²) in [6.07, 6.45) is 3.94. The van der Waals surface area contributed by atoms with Crippen LogP contribution in [0.2, 0.25) is 5.02 Å². The third-order valence-corrected chi connectivity index (χ3v) is 6.03. The molecule has 0 amide bonds. The summed E-state index contributed by atoms with van der Waals surface area (Å²) >= 11 is 13.8. The number of hydrogen-bond acceptors (Lipinski definition) is 3. The Bertz CT molecular complexity index is 769. The second-order valence-corrected chi connectivity index (χ2v) is 9.24. The van der Waals surface area contributed by atoms with E-state index in [1.165, 1.54) is 19.3 Å². The Labute approximate surface area is 183 Å². The molecule has 1 saturated heterocycles. The molecular weight excluding hydrogens is 492 g/mol. The molecule has 2 aromatic rings. The zero-order chi connectivity index (χ0) is 19.4. The first kappa shape index (κ1) is 20.8. The third kappa shape index (κ3) is 5.55. The summed E-state index contributed by atoms with van der Waals surface area (Å²) in [7, 11) is 0. The molecule has 3 nitrogen and oxygen atoms in total. The largest absolute Gasteiger partial charge is 0.489 e. The second kappa shape index (κ2) is 9.53. The highest BCUT2D eigenvalue weighted by Crippen LogP contribution is 2.36. The molecule has 1 heterocycles. The number of nitrogens with zero attached hydrogens (tertiary/aromatic N) is 1. The summed E-state index contributed by atoms with van der Waals surface area (Å²) in [4.78, 5) is 2.39. The fourth-order valence-corrected chi connectivity index (χ4v) is 5.04. The van der Waals surface area contributed by atoms with Crippen molar-refractivity contribution in [3.63, 3.8) is 0 Å². The number of benzene rings is 2. The van der Waals surface area contributed by atoms with Crippen molar-refractivity contribution < 1.29 is 4.74 Å². The molecule has 146 valence electrons. The molecule has 0 atom stereocenters. The van der Waals surface area contributed by atoms with Crippen molar-refractivity contribution in [1.29, 1.82) is 0 Å². The number of halogens is 3. The van der Waals surface area contributed by atoms with E-state index in [4.69, 9.17) is 16.3 Å². The first-order valence-corrected chi connectivity index (χ1v) is 11.3. The maximum Gasteiger partial charge on any atom is 0.148 e. The predicted molar refractivity (Wildman–Crippen MR) is 122 cm³/mol. The van der Waals surface area contributed by atoms with Crippen LogP contribution in [0, 0.1) is 0 Å². The van der Waals surface area contributed by atoms with Crippen LogP contribution < -0.4 is 15.0 Å². The van der Waals surface area contributed by atoms with E-state index in [2.05, 4.69) is 66.3 Å². The van der Waals surface area contributed by atoms with E-state index in [9.17, 15) is 0 Å². The Hall–Kier alpha value is -0.910. The topological polar surface area (TPSA) is 24.5 Å². The van der Waals surface area contributed by atoms with Crippen LogP contribution in [0.1, 0.15) is 38.7 Å². The minimum absolute atomic E-state index is 0.127. The highest BCUT2D eigenvalue weighted by molar-refractivity contribution is 9.11. The number of hydrogen-bond donors (Lipinski definition) is 1. The average Bonchev–Trinajstić information content (AvgIpc) is 2.63. The Balaban J connectivity index is 1.67. The number of ether oxygens (including phenoxy) is 1. The van der Waals surface area contributed by atoms with Gasteiger partial charge in [-0.05, 0) is 101 Å². The van der Waals surface area contributed by atoms with E-state index in [1.807, 2.05) is 19.9 Å². The lowest BCUT2D eigenvalue weighted by Crippen LogP contribution is -2.29. The van der Waals surface area contributed by atoms with Crippen LogP contribution in [-0.4, -0.2) is 19.2 Å². The van der Waals surface area contributed by atoms with Crippen LogP contribution in [0.25, 0.3) is 0 Å². The lowest BCUT2D eigenvalue weighted by Gasteiger charge is -2.29. The minimum atomic E-state index is 0.127. The molecule has 1 N–H and O–H groups in total. The summed E-state index contributed by atoms with van der Waals surface area (Å²) in [5.74, 6) is 0.836. The first-order chi connectivity index (χ1) is 12.9. The lowest BCUT2D eigenvalue weighted by molar-refractivity contribution is 0.239. The molecule has 0 saturated carbocycles. The second-order valence-electron chi connectivity index (χ2n) is 7.12. The molecule has 1 aliphatic rings. The predicted octanol–water partition coefficient (Wildman–Crippen LogP) is 7.25. The summed E-state index contributed by atoms with van der Waals surface area (Å²) in [6.45, 7) is 6.94. The molecule has 3 rings (SSSR count). The summed E-state index contributed by atoms with van der Waals surface area (Å²) in [5.41, 5.74) is 3.32. The summed E-state index contributed by atoms with van der Waals surface area (Å²) in [6, 6.07) is 10.4. The summed E-state index contributed by atoms with van der Waals surface area (Å²) < 4.78 is 7.73. The molecule has 0 spiro atoms. The van der Waals surface area contributed by atoms with Crippen LogP contribution in [0.15, 0.2) is 39.3 Å². The van der Waals surface area contributed by atoms with Crippen LogP contribution in [0.3, 0.4) is 0 Å². The maximum absolute atomic E-state index is 6.55. The summed E-state index contributed by atoms with van der Waals surface area (Å²) in [5, 5.41) is 4.27. The van der Waals surface area contributed by atoms with Crippen LogP contribution >= 0.6 is 43.5 Å². The van der Waals surface area contributed by atoms with Gasteiger partial charge in [0, 0.05) is 25.3 Å². The minimum Gasteiger partial charge on any atom is -0.489 e. The van der Waals surface area contributed by atoms with Gasteiger partial charge in [0.25, 0.3) is 0 Å². The molecule has 2 aromatic carbocycles. The van der Waals surface area contributed by atoms with Gasteiger partial charge in [-0.2, -0.15) is 0 Å². The Morgan fingerprint density at radius 1 is 1.07 bits per heavy atom. The molecule has 0 bridgehead atoms. The molecule has 1 aliphatic heterocycles. The molecule has 0 unspecified atom stereocenters. The molecular formula is C21H25Br2ClN2O. The van der Waals surface area contributed by atoms with Gasteiger partial charge in [0.1, 0.15) is 5.75 Å². The smallest absolute Gasteiger partial charge is 0.148 e. The van der Waals surface area contributed by atoms with Gasteiger partial charge in [-0.3, -0.25) is 0 Å². The van der Waals surface area contributed by atoms with Gasteiger partial charge in [-0.15, -0.1) is 0 Å². The van der Waals surface area contributed by atoms with E-state index in [-0.39, 0.29) is 6.10 Å². The SMILES string of the molecule is CC(C)Oc1c(Br)cc(CNc2ccc(N3CCCCC3)c(Cl)c2)cc1Br. The molecule has 1 fully saturated rings. The Morgan fingerprint density at radius 2 is 1.74 bits per heavy atom. The molecule has 6 heteroatoms. The van der Waals surface area contributed by atoms with Crippen molar-refractivity contribution >= 4 is 54.8 Å². The van der Waals surface area contributed by atoms with E-state index in [0.717, 1.165) is 49.7 Å². The lowest BCUT2D eigenvalue weighted by atomic mass is 10.1. The van der Waals surface area contributed by atoms with Gasteiger partial charge in [-0.25, -0.2) is 0 Å². The normalized spacial score (nSPS) is 14.5. The average molecular weight is 517 g/mol. The van der Waals surface area contributed by atoms with Crippen molar-refractivity contribution in [2.45, 2.75) is 45.8 Å².